The summed E-state index contributed by atoms with van der Waals surface area (Å²) in [4.78, 5) is 11.4. The van der Waals surface area contributed by atoms with Crippen molar-refractivity contribution in [1.82, 2.24) is 0 Å². The molecule has 1 aromatic rings. The van der Waals surface area contributed by atoms with Gasteiger partial charge in [0.1, 0.15) is 0 Å². The van der Waals surface area contributed by atoms with E-state index in [1.165, 1.54) is 5.56 Å². The van der Waals surface area contributed by atoms with E-state index in [4.69, 9.17) is 0 Å². The minimum atomic E-state index is 0.191. The lowest BCUT2D eigenvalue weighted by Gasteiger charge is -2.13. The molecule has 2 rings (SSSR count). The fourth-order valence-corrected chi connectivity index (χ4v) is 1.76. The van der Waals surface area contributed by atoms with Gasteiger partial charge in [-0.05, 0) is 29.7 Å². The highest BCUT2D eigenvalue weighted by Crippen LogP contribution is 2.25. The van der Waals surface area contributed by atoms with Gasteiger partial charge in [0, 0.05) is 6.42 Å². The number of hydrogen-bond acceptors (Lipinski definition) is 1. The maximum atomic E-state index is 11.4. The summed E-state index contributed by atoms with van der Waals surface area (Å²) in [5, 5.41) is 0. The largest absolute Gasteiger partial charge is 0.294 e. The Morgan fingerprint density at radius 2 is 2.07 bits per heavy atom. The zero-order valence-electron chi connectivity index (χ0n) is 8.16. The third-order valence-corrected chi connectivity index (χ3v) is 2.36. The van der Waals surface area contributed by atoms with Gasteiger partial charge >= 0.3 is 0 Å². The number of hydrogen-bond donors (Lipinski definition) is 0. The molecule has 1 aliphatic rings. The van der Waals surface area contributed by atoms with Crippen LogP contribution in [-0.2, 0) is 11.2 Å². The lowest BCUT2D eigenvalue weighted by atomic mass is 9.90. The Morgan fingerprint density at radius 3 is 2.86 bits per heavy atom. The lowest BCUT2D eigenvalue weighted by Crippen LogP contribution is -2.07. The molecule has 0 atom stereocenters. The van der Waals surface area contributed by atoms with Gasteiger partial charge in [0.2, 0.25) is 0 Å². The van der Waals surface area contributed by atoms with E-state index >= 15 is 0 Å². The molecule has 70 valence electrons. The van der Waals surface area contributed by atoms with Crippen LogP contribution in [0.5, 0.6) is 0 Å². The van der Waals surface area contributed by atoms with E-state index in [0.29, 0.717) is 6.42 Å². The van der Waals surface area contributed by atoms with Crippen LogP contribution in [0, 0.1) is 0 Å². The highest BCUT2D eigenvalue weighted by Gasteiger charge is 2.14. The number of carbonyl (C=O) groups is 1. The van der Waals surface area contributed by atoms with Crippen molar-refractivity contribution in [3.8, 4) is 0 Å². The fraction of sp³-hybridized carbons (Fsp3) is 0.154. The molecule has 1 aliphatic carbocycles. The monoisotopic (exact) mass is 184 g/mol. The van der Waals surface area contributed by atoms with Crippen LogP contribution in [0.3, 0.4) is 0 Å². The molecule has 0 N–H and O–H groups in total. The zero-order valence-corrected chi connectivity index (χ0v) is 8.16. The Bertz CT molecular complexity index is 425. The van der Waals surface area contributed by atoms with Crippen LogP contribution in [-0.4, -0.2) is 5.78 Å². The van der Waals surface area contributed by atoms with E-state index < -0.39 is 0 Å². The summed E-state index contributed by atoms with van der Waals surface area (Å²) in [7, 11) is 0. The number of benzene rings is 1. The standard InChI is InChI=1S/C13H12O/c1-2-5-10-8-12(14)9-11-6-3-4-7-13(10)11/h2-8H,9H2,1H3. The van der Waals surface area contributed by atoms with Gasteiger partial charge in [-0.25, -0.2) is 0 Å². The van der Waals surface area contributed by atoms with Crippen LogP contribution >= 0.6 is 0 Å². The molecule has 1 heteroatoms. The van der Waals surface area contributed by atoms with Crippen molar-refractivity contribution < 1.29 is 4.79 Å². The van der Waals surface area contributed by atoms with Gasteiger partial charge in [-0.1, -0.05) is 36.4 Å². The van der Waals surface area contributed by atoms with E-state index in [0.717, 1.165) is 11.1 Å². The zero-order chi connectivity index (χ0) is 9.97. The van der Waals surface area contributed by atoms with Gasteiger partial charge in [-0.3, -0.25) is 4.79 Å². The molecule has 0 saturated carbocycles. The smallest absolute Gasteiger partial charge is 0.160 e. The van der Waals surface area contributed by atoms with E-state index in [-0.39, 0.29) is 5.78 Å². The van der Waals surface area contributed by atoms with Crippen molar-refractivity contribution >= 4 is 11.4 Å². The summed E-state index contributed by atoms with van der Waals surface area (Å²) in [6.07, 6.45) is 6.21. The summed E-state index contributed by atoms with van der Waals surface area (Å²) >= 11 is 0. The second kappa shape index (κ2) is 3.62. The predicted molar refractivity (Wildman–Crippen MR) is 57.9 cm³/mol. The van der Waals surface area contributed by atoms with Crippen LogP contribution in [0.4, 0.5) is 0 Å². The SMILES string of the molecule is CC=CC1=CC(=O)Cc2ccccc21. The Labute approximate surface area is 83.8 Å². The van der Waals surface area contributed by atoms with Gasteiger partial charge in [0.25, 0.3) is 0 Å². The van der Waals surface area contributed by atoms with Crippen LogP contribution in [0.1, 0.15) is 18.1 Å². The summed E-state index contributed by atoms with van der Waals surface area (Å²) in [6.45, 7) is 1.96. The molecule has 0 spiro atoms. The average molecular weight is 184 g/mol. The van der Waals surface area contributed by atoms with Crippen LogP contribution < -0.4 is 0 Å². The van der Waals surface area contributed by atoms with Crippen LogP contribution in [0.25, 0.3) is 5.57 Å². The van der Waals surface area contributed by atoms with Crippen molar-refractivity contribution in [3.63, 3.8) is 0 Å². The second-order valence-electron chi connectivity index (χ2n) is 3.40. The number of carbonyl (C=O) groups excluding carboxylic acids is 1. The summed E-state index contributed by atoms with van der Waals surface area (Å²) in [5.74, 6) is 0.191. The van der Waals surface area contributed by atoms with Gasteiger partial charge < -0.3 is 0 Å². The second-order valence-corrected chi connectivity index (χ2v) is 3.40. The third kappa shape index (κ3) is 1.53. The minimum absolute atomic E-state index is 0.191. The molecule has 1 aromatic carbocycles. The van der Waals surface area contributed by atoms with Gasteiger partial charge in [-0.15, -0.1) is 0 Å². The van der Waals surface area contributed by atoms with E-state index in [1.54, 1.807) is 6.08 Å². The average Bonchev–Trinajstić information content (AvgIpc) is 2.18. The highest BCUT2D eigenvalue weighted by molar-refractivity contribution is 6.03. The first-order valence-corrected chi connectivity index (χ1v) is 4.77. The Morgan fingerprint density at radius 1 is 1.29 bits per heavy atom. The molecule has 0 heterocycles. The van der Waals surface area contributed by atoms with Crippen molar-refractivity contribution in [2.24, 2.45) is 0 Å². The van der Waals surface area contributed by atoms with Crippen molar-refractivity contribution in [2.75, 3.05) is 0 Å². The fourth-order valence-electron chi connectivity index (χ4n) is 1.76. The first-order valence-electron chi connectivity index (χ1n) is 4.77. The summed E-state index contributed by atoms with van der Waals surface area (Å²) in [6, 6.07) is 8.06. The molecule has 0 radical (unpaired) electrons. The van der Waals surface area contributed by atoms with Gasteiger partial charge in [0.15, 0.2) is 5.78 Å². The Balaban J connectivity index is 2.55. The van der Waals surface area contributed by atoms with E-state index in [1.807, 2.05) is 37.3 Å². The molecule has 0 aromatic heterocycles. The van der Waals surface area contributed by atoms with E-state index in [9.17, 15) is 4.79 Å². The first kappa shape index (κ1) is 8.95. The quantitative estimate of drug-likeness (QED) is 0.656. The van der Waals surface area contributed by atoms with Crippen LogP contribution in [0.2, 0.25) is 0 Å². The maximum Gasteiger partial charge on any atom is 0.160 e. The lowest BCUT2D eigenvalue weighted by molar-refractivity contribution is -0.114. The maximum absolute atomic E-state index is 11.4. The van der Waals surface area contributed by atoms with Gasteiger partial charge in [-0.2, -0.15) is 0 Å². The highest BCUT2D eigenvalue weighted by atomic mass is 16.1. The van der Waals surface area contributed by atoms with Crippen molar-refractivity contribution in [3.05, 3.63) is 53.6 Å². The van der Waals surface area contributed by atoms with E-state index in [2.05, 4.69) is 6.07 Å². The third-order valence-electron chi connectivity index (χ3n) is 2.36. The molecule has 0 saturated heterocycles. The number of fused-ring (bicyclic) bond motifs is 1. The Kier molecular flexibility index (Phi) is 2.32. The number of allylic oxidation sites excluding steroid dienone is 4. The summed E-state index contributed by atoms with van der Waals surface area (Å²) < 4.78 is 0. The minimum Gasteiger partial charge on any atom is -0.294 e. The van der Waals surface area contributed by atoms with Crippen molar-refractivity contribution in [1.29, 1.82) is 0 Å². The molecular formula is C13H12O. The topological polar surface area (TPSA) is 17.1 Å². The first-order chi connectivity index (χ1) is 6.81. The van der Waals surface area contributed by atoms with Gasteiger partial charge in [0.05, 0.1) is 0 Å². The molecule has 14 heavy (non-hydrogen) atoms. The molecular weight excluding hydrogens is 172 g/mol. The Hall–Kier alpha value is -1.63. The molecule has 0 aliphatic heterocycles. The molecule has 0 amide bonds. The molecule has 0 bridgehead atoms. The molecule has 1 nitrogen and oxygen atoms in total. The predicted octanol–water partition coefficient (Wildman–Crippen LogP) is 2.77. The normalized spacial score (nSPS) is 15.5. The number of ketones is 1. The van der Waals surface area contributed by atoms with Crippen molar-refractivity contribution in [2.45, 2.75) is 13.3 Å². The summed E-state index contributed by atoms with van der Waals surface area (Å²) in [5.41, 5.74) is 3.35. The molecule has 0 fully saturated rings. The number of rotatable bonds is 1. The molecule has 0 unspecified atom stereocenters. The van der Waals surface area contributed by atoms with Crippen LogP contribution in [0.15, 0.2) is 42.5 Å².